The zero-order chi connectivity index (χ0) is 15.4. The van der Waals surface area contributed by atoms with Crippen molar-refractivity contribution in [3.05, 3.63) is 10.9 Å². The highest BCUT2D eigenvalue weighted by Gasteiger charge is 2.10. The van der Waals surface area contributed by atoms with E-state index in [0.29, 0.717) is 12.0 Å². The molecule has 2 aromatic rings. The number of nitrogen functional groups attached to an aromatic ring is 1. The molecule has 0 fully saturated rings. The second kappa shape index (κ2) is 7.04. The van der Waals surface area contributed by atoms with Gasteiger partial charge in [-0.2, -0.15) is 4.98 Å². The number of thiophene rings is 1. The summed E-state index contributed by atoms with van der Waals surface area (Å²) in [6, 6.07) is 2.75. The minimum atomic E-state index is 0.341. The highest BCUT2D eigenvalue weighted by Crippen LogP contribution is 2.29. The van der Waals surface area contributed by atoms with Crippen LogP contribution in [0.15, 0.2) is 6.07 Å². The van der Waals surface area contributed by atoms with Gasteiger partial charge in [-0.1, -0.05) is 6.92 Å². The lowest BCUT2D eigenvalue weighted by atomic mass is 10.3. The average Bonchev–Trinajstić information content (AvgIpc) is 2.85. The Hall–Kier alpha value is -1.40. The maximum absolute atomic E-state index is 5.80. The van der Waals surface area contributed by atoms with E-state index in [1.54, 1.807) is 11.3 Å². The van der Waals surface area contributed by atoms with Crippen LogP contribution in [-0.4, -0.2) is 41.0 Å². The van der Waals surface area contributed by atoms with Crippen molar-refractivity contribution in [2.24, 2.45) is 0 Å². The number of nitrogens with two attached hydrogens (primary N) is 1. The summed E-state index contributed by atoms with van der Waals surface area (Å²) < 4.78 is 0. The summed E-state index contributed by atoms with van der Waals surface area (Å²) in [7, 11) is 2.15. The van der Waals surface area contributed by atoms with Gasteiger partial charge in [-0.25, -0.2) is 4.98 Å². The lowest BCUT2D eigenvalue weighted by Crippen LogP contribution is -2.28. The van der Waals surface area contributed by atoms with Gasteiger partial charge in [0, 0.05) is 17.5 Å². The summed E-state index contributed by atoms with van der Waals surface area (Å²) in [6.07, 6.45) is 2.09. The summed E-state index contributed by atoms with van der Waals surface area (Å²) >= 11 is 1.69. The van der Waals surface area contributed by atoms with Crippen molar-refractivity contribution in [1.29, 1.82) is 0 Å². The highest BCUT2D eigenvalue weighted by molar-refractivity contribution is 7.18. The molecule has 0 aromatic carbocycles. The minimum Gasteiger partial charge on any atom is -0.369 e. The summed E-state index contributed by atoms with van der Waals surface area (Å²) in [5.41, 5.74) is 5.80. The van der Waals surface area contributed by atoms with Gasteiger partial charge in [0.1, 0.15) is 10.6 Å². The summed E-state index contributed by atoms with van der Waals surface area (Å²) in [6.45, 7) is 8.52. The first-order chi connectivity index (χ1) is 10.0. The fourth-order valence-corrected chi connectivity index (χ4v) is 3.06. The topological polar surface area (TPSA) is 67.1 Å². The monoisotopic (exact) mass is 307 g/mol. The van der Waals surface area contributed by atoms with E-state index >= 15 is 0 Å². The normalized spacial score (nSPS) is 11.7. The van der Waals surface area contributed by atoms with Crippen molar-refractivity contribution in [2.45, 2.75) is 39.7 Å². The van der Waals surface area contributed by atoms with Gasteiger partial charge < -0.3 is 16.0 Å². The number of hydrogen-bond acceptors (Lipinski definition) is 6. The largest absolute Gasteiger partial charge is 0.369 e. The Morgan fingerprint density at radius 3 is 2.81 bits per heavy atom. The standard InChI is InChI=1S/C15H25N5S/c1-5-11-9-12-13(18-15(16)19-14(12)21-11)17-7-6-8-20(4)10(2)3/h9-10H,5-8H2,1-4H3,(H3,16,17,18,19). The third-order valence-corrected chi connectivity index (χ3v) is 4.84. The Balaban J connectivity index is 2.02. The Labute approximate surface area is 130 Å². The summed E-state index contributed by atoms with van der Waals surface area (Å²) in [5, 5.41) is 4.50. The van der Waals surface area contributed by atoms with Gasteiger partial charge in [-0.15, -0.1) is 11.3 Å². The van der Waals surface area contributed by atoms with Gasteiger partial charge in [0.25, 0.3) is 0 Å². The van der Waals surface area contributed by atoms with Gasteiger partial charge in [-0.3, -0.25) is 0 Å². The zero-order valence-electron chi connectivity index (χ0n) is 13.3. The number of aryl methyl sites for hydroxylation is 1. The Morgan fingerprint density at radius 2 is 2.14 bits per heavy atom. The molecule has 5 nitrogen and oxygen atoms in total. The number of hydrogen-bond donors (Lipinski definition) is 2. The highest BCUT2D eigenvalue weighted by atomic mass is 32.1. The van der Waals surface area contributed by atoms with E-state index in [9.17, 15) is 0 Å². The molecule has 2 heterocycles. The van der Waals surface area contributed by atoms with Gasteiger partial charge in [0.15, 0.2) is 0 Å². The lowest BCUT2D eigenvalue weighted by Gasteiger charge is -2.20. The third kappa shape index (κ3) is 4.04. The van der Waals surface area contributed by atoms with Gasteiger partial charge in [0.2, 0.25) is 5.95 Å². The number of rotatable bonds is 7. The molecule has 116 valence electrons. The Bertz CT molecular complexity index is 593. The van der Waals surface area contributed by atoms with Crippen LogP contribution in [-0.2, 0) is 6.42 Å². The van der Waals surface area contributed by atoms with Crippen LogP contribution in [0.2, 0.25) is 0 Å². The molecule has 6 heteroatoms. The number of nitrogens with one attached hydrogen (secondary N) is 1. The van der Waals surface area contributed by atoms with E-state index in [0.717, 1.165) is 42.0 Å². The lowest BCUT2D eigenvalue weighted by molar-refractivity contribution is 0.273. The van der Waals surface area contributed by atoms with Gasteiger partial charge >= 0.3 is 0 Å². The number of aromatic nitrogens is 2. The predicted molar refractivity (Wildman–Crippen MR) is 92.1 cm³/mol. The van der Waals surface area contributed by atoms with Crippen LogP contribution in [0.4, 0.5) is 11.8 Å². The van der Waals surface area contributed by atoms with E-state index in [-0.39, 0.29) is 0 Å². The first kappa shape index (κ1) is 16.0. The predicted octanol–water partition coefficient (Wildman–Crippen LogP) is 2.98. The molecule has 0 unspecified atom stereocenters. The van der Waals surface area contributed by atoms with Crippen LogP contribution >= 0.6 is 11.3 Å². The van der Waals surface area contributed by atoms with E-state index in [4.69, 9.17) is 5.73 Å². The van der Waals surface area contributed by atoms with Crippen LogP contribution in [0.25, 0.3) is 10.2 Å². The maximum atomic E-state index is 5.80. The smallest absolute Gasteiger partial charge is 0.223 e. The Kier molecular flexibility index (Phi) is 5.36. The average molecular weight is 307 g/mol. The molecule has 0 radical (unpaired) electrons. The maximum Gasteiger partial charge on any atom is 0.223 e. The minimum absolute atomic E-state index is 0.341. The van der Waals surface area contributed by atoms with Crippen molar-refractivity contribution in [2.75, 3.05) is 31.2 Å². The first-order valence-corrected chi connectivity index (χ1v) is 8.33. The Morgan fingerprint density at radius 1 is 1.38 bits per heavy atom. The third-order valence-electron chi connectivity index (χ3n) is 3.67. The molecule has 0 saturated heterocycles. The second-order valence-electron chi connectivity index (χ2n) is 5.57. The van der Waals surface area contributed by atoms with Gasteiger partial charge in [0.05, 0.1) is 5.39 Å². The summed E-state index contributed by atoms with van der Waals surface area (Å²) in [4.78, 5) is 13.3. The van der Waals surface area contributed by atoms with Crippen LogP contribution in [0.3, 0.4) is 0 Å². The van der Waals surface area contributed by atoms with Crippen molar-refractivity contribution < 1.29 is 0 Å². The van der Waals surface area contributed by atoms with E-state index in [1.807, 2.05) is 0 Å². The fourth-order valence-electron chi connectivity index (χ4n) is 2.09. The molecule has 0 aliphatic rings. The van der Waals surface area contributed by atoms with Gasteiger partial charge in [-0.05, 0) is 46.3 Å². The molecular formula is C15H25N5S. The van der Waals surface area contributed by atoms with Crippen molar-refractivity contribution in [3.63, 3.8) is 0 Å². The molecule has 0 atom stereocenters. The van der Waals surface area contributed by atoms with Crippen molar-refractivity contribution >= 4 is 33.3 Å². The first-order valence-electron chi connectivity index (χ1n) is 7.51. The molecule has 0 aliphatic carbocycles. The van der Waals surface area contributed by atoms with E-state index < -0.39 is 0 Å². The fraction of sp³-hybridized carbons (Fsp3) is 0.600. The molecular weight excluding hydrogens is 282 g/mol. The molecule has 21 heavy (non-hydrogen) atoms. The number of anilines is 2. The number of fused-ring (bicyclic) bond motifs is 1. The van der Waals surface area contributed by atoms with Crippen LogP contribution in [0, 0.1) is 0 Å². The zero-order valence-corrected chi connectivity index (χ0v) is 14.1. The van der Waals surface area contributed by atoms with Crippen LogP contribution < -0.4 is 11.1 Å². The molecule has 3 N–H and O–H groups in total. The van der Waals surface area contributed by atoms with Crippen molar-refractivity contribution in [3.8, 4) is 0 Å². The molecule has 0 amide bonds. The van der Waals surface area contributed by atoms with Crippen LogP contribution in [0.5, 0.6) is 0 Å². The SMILES string of the molecule is CCc1cc2c(NCCCN(C)C(C)C)nc(N)nc2s1. The van der Waals surface area contributed by atoms with Crippen LogP contribution in [0.1, 0.15) is 32.1 Å². The molecule has 0 bridgehead atoms. The quantitative estimate of drug-likeness (QED) is 0.770. The number of nitrogens with zero attached hydrogens (tertiary/aromatic N) is 3. The molecule has 0 spiro atoms. The summed E-state index contributed by atoms with van der Waals surface area (Å²) in [5.74, 6) is 1.20. The second-order valence-corrected chi connectivity index (χ2v) is 6.69. The molecule has 0 aliphatic heterocycles. The van der Waals surface area contributed by atoms with E-state index in [2.05, 4.69) is 54.1 Å². The molecule has 2 aromatic heterocycles. The van der Waals surface area contributed by atoms with Crippen molar-refractivity contribution in [1.82, 2.24) is 14.9 Å². The molecule has 2 rings (SSSR count). The molecule has 0 saturated carbocycles. The van der Waals surface area contributed by atoms with E-state index in [1.165, 1.54) is 4.88 Å².